The van der Waals surface area contributed by atoms with Gasteiger partial charge in [-0.3, -0.25) is 9.69 Å². The van der Waals surface area contributed by atoms with Crippen LogP contribution in [0.3, 0.4) is 0 Å². The summed E-state index contributed by atoms with van der Waals surface area (Å²) in [6.07, 6.45) is 1.74. The molecule has 2 heterocycles. The number of methoxy groups -OCH3 is 1. The zero-order valence-corrected chi connectivity index (χ0v) is 17.9. The van der Waals surface area contributed by atoms with Crippen molar-refractivity contribution in [3.8, 4) is 17.2 Å². The highest BCUT2D eigenvalue weighted by molar-refractivity contribution is 6.15. The molecule has 0 saturated heterocycles. The van der Waals surface area contributed by atoms with Crippen LogP contribution in [0.2, 0.25) is 0 Å². The number of rotatable bonds is 4. The minimum Gasteiger partial charge on any atom is -0.497 e. The van der Waals surface area contributed by atoms with Crippen molar-refractivity contribution < 1.29 is 23.4 Å². The largest absolute Gasteiger partial charge is 0.497 e. The van der Waals surface area contributed by atoms with Crippen molar-refractivity contribution in [3.05, 3.63) is 94.0 Å². The summed E-state index contributed by atoms with van der Waals surface area (Å²) in [6, 6.07) is 15.7. The number of carbonyl (C=O) groups excluding carboxylic acids is 1. The standard InChI is InChI=1S/C26H22FNO4/c1-16-25-19(14-28(15-31-25)13-18-3-7-20(27)8-4-18)12-22-24(29)23(32-26(16)22)11-17-5-9-21(30-2)10-6-17/h3-12H,13-15H2,1-2H3/b23-11-. The Hall–Kier alpha value is -3.64. The maximum Gasteiger partial charge on any atom is 0.231 e. The summed E-state index contributed by atoms with van der Waals surface area (Å²) in [5.74, 6) is 1.96. The van der Waals surface area contributed by atoms with Crippen molar-refractivity contribution in [3.63, 3.8) is 0 Å². The Labute approximate surface area is 185 Å². The molecule has 3 aromatic carbocycles. The fourth-order valence-corrected chi connectivity index (χ4v) is 4.10. The van der Waals surface area contributed by atoms with Gasteiger partial charge in [-0.25, -0.2) is 4.39 Å². The van der Waals surface area contributed by atoms with E-state index in [4.69, 9.17) is 14.2 Å². The number of hydrogen-bond acceptors (Lipinski definition) is 5. The van der Waals surface area contributed by atoms with Gasteiger partial charge < -0.3 is 14.2 Å². The second kappa shape index (κ2) is 8.13. The molecule has 162 valence electrons. The molecule has 0 aromatic heterocycles. The molecular weight excluding hydrogens is 409 g/mol. The molecule has 5 rings (SSSR count). The third-order valence-corrected chi connectivity index (χ3v) is 5.73. The number of allylic oxidation sites excluding steroid dienone is 1. The number of fused-ring (bicyclic) bond motifs is 2. The first-order valence-corrected chi connectivity index (χ1v) is 10.4. The number of nitrogens with zero attached hydrogens (tertiary/aromatic N) is 1. The summed E-state index contributed by atoms with van der Waals surface area (Å²) in [4.78, 5) is 15.2. The molecule has 0 bridgehead atoms. The maximum atomic E-state index is 13.2. The molecule has 0 N–H and O–H groups in total. The quantitative estimate of drug-likeness (QED) is 0.537. The Morgan fingerprint density at radius 3 is 2.56 bits per heavy atom. The van der Waals surface area contributed by atoms with Gasteiger partial charge in [0.15, 0.2) is 5.76 Å². The van der Waals surface area contributed by atoms with Gasteiger partial charge >= 0.3 is 0 Å². The van der Waals surface area contributed by atoms with Crippen LogP contribution in [-0.4, -0.2) is 24.5 Å². The Morgan fingerprint density at radius 1 is 1.09 bits per heavy atom. The minimum atomic E-state index is -0.253. The first-order chi connectivity index (χ1) is 15.5. The predicted molar refractivity (Wildman–Crippen MR) is 118 cm³/mol. The number of ketones is 1. The van der Waals surface area contributed by atoms with Gasteiger partial charge in [-0.15, -0.1) is 0 Å². The first-order valence-electron chi connectivity index (χ1n) is 10.4. The fraction of sp³-hybridized carbons (Fsp3) is 0.192. The topological polar surface area (TPSA) is 48.0 Å². The lowest BCUT2D eigenvalue weighted by Gasteiger charge is -2.30. The van der Waals surface area contributed by atoms with Gasteiger partial charge in [0.25, 0.3) is 0 Å². The summed E-state index contributed by atoms with van der Waals surface area (Å²) in [5, 5.41) is 0. The van der Waals surface area contributed by atoms with Crippen LogP contribution in [0, 0.1) is 12.7 Å². The molecule has 0 spiro atoms. The van der Waals surface area contributed by atoms with Crippen LogP contribution in [0.25, 0.3) is 6.08 Å². The van der Waals surface area contributed by atoms with Crippen molar-refractivity contribution in [2.75, 3.05) is 13.8 Å². The van der Waals surface area contributed by atoms with Gasteiger partial charge in [-0.1, -0.05) is 24.3 Å². The van der Waals surface area contributed by atoms with Crippen molar-refractivity contribution in [2.24, 2.45) is 0 Å². The molecule has 3 aromatic rings. The SMILES string of the molecule is COc1ccc(/C=C2\Oc3c(cc4c(c3C)OCN(Cc3ccc(F)cc3)C4)C2=O)cc1. The van der Waals surface area contributed by atoms with E-state index in [2.05, 4.69) is 4.90 Å². The first kappa shape index (κ1) is 20.3. The highest BCUT2D eigenvalue weighted by Gasteiger charge is 2.33. The summed E-state index contributed by atoms with van der Waals surface area (Å²) in [7, 11) is 1.61. The molecular formula is C26H22FNO4. The van der Waals surface area contributed by atoms with Crippen LogP contribution < -0.4 is 14.2 Å². The van der Waals surface area contributed by atoms with Crippen molar-refractivity contribution in [1.82, 2.24) is 4.90 Å². The normalized spacial score (nSPS) is 16.3. The van der Waals surface area contributed by atoms with E-state index in [9.17, 15) is 9.18 Å². The molecule has 32 heavy (non-hydrogen) atoms. The van der Waals surface area contributed by atoms with Crippen LogP contribution in [0.4, 0.5) is 4.39 Å². The Kier molecular flexibility index (Phi) is 5.15. The Bertz CT molecular complexity index is 1220. The zero-order chi connectivity index (χ0) is 22.2. The second-order valence-electron chi connectivity index (χ2n) is 7.97. The Balaban J connectivity index is 1.39. The van der Waals surface area contributed by atoms with Crippen molar-refractivity contribution >= 4 is 11.9 Å². The summed E-state index contributed by atoms with van der Waals surface area (Å²) < 4.78 is 30.4. The number of benzene rings is 3. The van der Waals surface area contributed by atoms with E-state index in [1.54, 1.807) is 25.3 Å². The summed E-state index contributed by atoms with van der Waals surface area (Å²) >= 11 is 0. The molecule has 0 fully saturated rings. The van der Waals surface area contributed by atoms with Crippen LogP contribution in [0.1, 0.15) is 32.6 Å². The van der Waals surface area contributed by atoms with E-state index in [1.807, 2.05) is 37.3 Å². The maximum absolute atomic E-state index is 13.2. The second-order valence-corrected chi connectivity index (χ2v) is 7.97. The zero-order valence-electron chi connectivity index (χ0n) is 17.9. The lowest BCUT2D eigenvalue weighted by atomic mass is 10.00. The fourth-order valence-electron chi connectivity index (χ4n) is 4.10. The van der Waals surface area contributed by atoms with Crippen molar-refractivity contribution in [2.45, 2.75) is 20.0 Å². The molecule has 0 amide bonds. The van der Waals surface area contributed by atoms with Gasteiger partial charge in [-0.2, -0.15) is 0 Å². The number of ether oxygens (including phenoxy) is 3. The minimum absolute atomic E-state index is 0.141. The monoisotopic (exact) mass is 431 g/mol. The van der Waals surface area contributed by atoms with E-state index in [0.29, 0.717) is 36.9 Å². The van der Waals surface area contributed by atoms with E-state index in [1.165, 1.54) is 12.1 Å². The highest BCUT2D eigenvalue weighted by Crippen LogP contribution is 2.43. The molecule has 0 saturated carbocycles. The van der Waals surface area contributed by atoms with Gasteiger partial charge in [0.1, 0.15) is 29.8 Å². The lowest BCUT2D eigenvalue weighted by Crippen LogP contribution is -2.32. The molecule has 2 aliphatic heterocycles. The van der Waals surface area contributed by atoms with Crippen LogP contribution >= 0.6 is 0 Å². The number of hydrogen-bond donors (Lipinski definition) is 0. The number of halogens is 1. The van der Waals surface area contributed by atoms with E-state index in [-0.39, 0.29) is 11.6 Å². The van der Waals surface area contributed by atoms with Gasteiger partial charge in [0.2, 0.25) is 5.78 Å². The average Bonchev–Trinajstić information content (AvgIpc) is 3.11. The molecule has 0 aliphatic carbocycles. The number of carbonyl (C=O) groups is 1. The molecule has 6 heteroatoms. The lowest BCUT2D eigenvalue weighted by molar-refractivity contribution is 0.0876. The molecule has 0 unspecified atom stereocenters. The van der Waals surface area contributed by atoms with E-state index < -0.39 is 0 Å². The Morgan fingerprint density at radius 2 is 1.84 bits per heavy atom. The predicted octanol–water partition coefficient (Wildman–Crippen LogP) is 5.11. The molecule has 5 nitrogen and oxygen atoms in total. The average molecular weight is 431 g/mol. The summed E-state index contributed by atoms with van der Waals surface area (Å²) in [6.45, 7) is 3.58. The third kappa shape index (κ3) is 3.74. The number of Topliss-reactive ketones (excluding diaryl/α,β-unsaturated/α-hetero) is 1. The summed E-state index contributed by atoms with van der Waals surface area (Å²) in [5.41, 5.74) is 4.17. The van der Waals surface area contributed by atoms with Gasteiger partial charge in [0, 0.05) is 24.2 Å². The van der Waals surface area contributed by atoms with Gasteiger partial charge in [-0.05, 0) is 54.5 Å². The molecule has 0 atom stereocenters. The molecule has 0 radical (unpaired) electrons. The van der Waals surface area contributed by atoms with Crippen LogP contribution in [0.15, 0.2) is 60.4 Å². The third-order valence-electron chi connectivity index (χ3n) is 5.73. The van der Waals surface area contributed by atoms with Crippen molar-refractivity contribution in [1.29, 1.82) is 0 Å². The smallest absolute Gasteiger partial charge is 0.231 e. The van der Waals surface area contributed by atoms with E-state index in [0.717, 1.165) is 33.8 Å². The molecule has 2 aliphatic rings. The van der Waals surface area contributed by atoms with E-state index >= 15 is 0 Å². The highest BCUT2D eigenvalue weighted by atomic mass is 19.1. The van der Waals surface area contributed by atoms with Crippen LogP contribution in [0.5, 0.6) is 17.2 Å². The van der Waals surface area contributed by atoms with Crippen LogP contribution in [-0.2, 0) is 13.1 Å². The van der Waals surface area contributed by atoms with Gasteiger partial charge in [0.05, 0.1) is 12.7 Å².